The zero-order valence-corrected chi connectivity index (χ0v) is 28.0. The van der Waals surface area contributed by atoms with Crippen LogP contribution >= 0.6 is 11.6 Å². The number of para-hydroxylation sites is 1. The molecule has 238 valence electrons. The second-order valence-corrected chi connectivity index (χ2v) is 14.8. The van der Waals surface area contributed by atoms with Crippen molar-refractivity contribution in [3.8, 4) is 5.75 Å². The van der Waals surface area contributed by atoms with Crippen molar-refractivity contribution in [3.63, 3.8) is 0 Å². The first-order valence-corrected chi connectivity index (χ1v) is 16.8. The molecule has 0 amide bonds. The average molecular weight is 643 g/mol. The van der Waals surface area contributed by atoms with E-state index in [2.05, 4.69) is 38.5 Å². The Morgan fingerprint density at radius 1 is 1.07 bits per heavy atom. The molecule has 1 aromatic heterocycles. The first-order chi connectivity index (χ1) is 20.8. The number of nitrogens with zero attached hydrogens (tertiary/aromatic N) is 4. The van der Waals surface area contributed by atoms with Crippen molar-refractivity contribution in [2.75, 3.05) is 37.8 Å². The summed E-state index contributed by atoms with van der Waals surface area (Å²) >= 11 is 6.45. The van der Waals surface area contributed by atoms with Crippen LogP contribution in [0.2, 0.25) is 5.02 Å². The van der Waals surface area contributed by atoms with Crippen LogP contribution in [0.25, 0.3) is 0 Å². The van der Waals surface area contributed by atoms with Crippen LogP contribution in [0.3, 0.4) is 0 Å². The second kappa shape index (κ2) is 14.2. The molecule has 2 N–H and O–H groups in total. The first-order valence-electron chi connectivity index (χ1n) is 14.9. The topological polar surface area (TPSA) is 117 Å². The molecular formula is C32H43ClN6O4S. The van der Waals surface area contributed by atoms with E-state index in [1.807, 2.05) is 38.9 Å². The first kappa shape index (κ1) is 33.6. The minimum Gasteiger partial charge on any atom is -0.489 e. The van der Waals surface area contributed by atoms with E-state index in [4.69, 9.17) is 16.3 Å². The molecule has 1 aliphatic rings. The summed E-state index contributed by atoms with van der Waals surface area (Å²) in [4.78, 5) is 24.9. The normalized spacial score (nSPS) is 15.5. The van der Waals surface area contributed by atoms with Gasteiger partial charge in [-0.05, 0) is 103 Å². The maximum atomic E-state index is 13.0. The van der Waals surface area contributed by atoms with Gasteiger partial charge in [0.05, 0.1) is 33.8 Å². The van der Waals surface area contributed by atoms with Crippen molar-refractivity contribution >= 4 is 50.9 Å². The Morgan fingerprint density at radius 3 is 2.36 bits per heavy atom. The van der Waals surface area contributed by atoms with E-state index < -0.39 is 15.1 Å². The number of piperidine rings is 1. The number of aldehydes is 1. The van der Waals surface area contributed by atoms with Crippen LogP contribution in [0.15, 0.2) is 47.5 Å². The zero-order chi connectivity index (χ0) is 32.2. The number of aromatic nitrogens is 2. The van der Waals surface area contributed by atoms with Gasteiger partial charge in [-0.1, -0.05) is 23.7 Å². The van der Waals surface area contributed by atoms with Crippen LogP contribution in [0, 0.1) is 6.92 Å². The molecule has 0 aliphatic carbocycles. The van der Waals surface area contributed by atoms with Gasteiger partial charge in [0.1, 0.15) is 16.9 Å². The highest BCUT2D eigenvalue weighted by atomic mass is 35.5. The van der Waals surface area contributed by atoms with E-state index in [1.54, 1.807) is 38.1 Å². The van der Waals surface area contributed by atoms with Crippen LogP contribution in [-0.2, 0) is 14.6 Å². The van der Waals surface area contributed by atoms with Crippen LogP contribution < -0.4 is 15.4 Å². The van der Waals surface area contributed by atoms with E-state index in [0.717, 1.165) is 37.8 Å². The highest BCUT2D eigenvalue weighted by molar-refractivity contribution is 7.92. The number of benzene rings is 2. The summed E-state index contributed by atoms with van der Waals surface area (Å²) in [6, 6.07) is 10.8. The molecule has 10 nitrogen and oxygen atoms in total. The van der Waals surface area contributed by atoms with Crippen LogP contribution in [0.4, 0.5) is 23.1 Å². The number of carbonyl (C=O) groups excluding carboxylic acids is 1. The monoisotopic (exact) mass is 642 g/mol. The number of halogens is 1. The second-order valence-electron chi connectivity index (χ2n) is 11.9. The molecule has 0 spiro atoms. The predicted octanol–water partition coefficient (Wildman–Crippen LogP) is 6.16. The van der Waals surface area contributed by atoms with E-state index in [-0.39, 0.29) is 34.0 Å². The highest BCUT2D eigenvalue weighted by Gasteiger charge is 2.28. The molecule has 0 radical (unpaired) electrons. The number of anilines is 4. The average Bonchev–Trinajstić information content (AvgIpc) is 2.96. The molecule has 3 aromatic rings. The fourth-order valence-electron chi connectivity index (χ4n) is 5.44. The summed E-state index contributed by atoms with van der Waals surface area (Å²) in [7, 11) is 0.305. The SMILES string of the molecule is Cc1cc(Nc2ncc(Cl)c(Nc3ccccc3S(=O)(=O)C(C)C)n2)c(OC(C)C)cc1C1CCN(C(C=O)N(C)C)CC1. The summed E-state index contributed by atoms with van der Waals surface area (Å²) in [5.41, 5.74) is 3.43. The molecule has 0 bridgehead atoms. The van der Waals surface area contributed by atoms with Crippen molar-refractivity contribution in [1.82, 2.24) is 19.8 Å². The number of likely N-dealkylation sites (N-methyl/N-ethyl adjacent to an activating group) is 1. The third-order valence-electron chi connectivity index (χ3n) is 7.78. The summed E-state index contributed by atoms with van der Waals surface area (Å²) < 4.78 is 32.2. The molecule has 12 heteroatoms. The van der Waals surface area contributed by atoms with Gasteiger partial charge in [0, 0.05) is 13.1 Å². The lowest BCUT2D eigenvalue weighted by atomic mass is 9.86. The van der Waals surface area contributed by atoms with E-state index in [0.29, 0.717) is 23.0 Å². The Morgan fingerprint density at radius 2 is 1.75 bits per heavy atom. The van der Waals surface area contributed by atoms with Gasteiger partial charge in [-0.3, -0.25) is 9.80 Å². The Labute approximate surface area is 266 Å². The maximum absolute atomic E-state index is 13.0. The molecule has 1 fully saturated rings. The molecular weight excluding hydrogens is 600 g/mol. The van der Waals surface area contributed by atoms with Gasteiger partial charge in [-0.25, -0.2) is 13.4 Å². The van der Waals surface area contributed by atoms with Gasteiger partial charge in [0.2, 0.25) is 5.95 Å². The fraction of sp³-hybridized carbons (Fsp3) is 0.469. The van der Waals surface area contributed by atoms with Crippen molar-refractivity contribution in [3.05, 3.63) is 58.7 Å². The summed E-state index contributed by atoms with van der Waals surface area (Å²) in [6.07, 6.45) is 4.08. The maximum Gasteiger partial charge on any atom is 0.229 e. The zero-order valence-electron chi connectivity index (χ0n) is 26.5. The van der Waals surface area contributed by atoms with E-state index in [1.165, 1.54) is 11.8 Å². The Bertz CT molecular complexity index is 1570. The number of carbonyl (C=O) groups is 1. The number of likely N-dealkylation sites (tertiary alicyclic amines) is 1. The minimum absolute atomic E-state index is 0.0656. The molecule has 1 atom stereocenters. The van der Waals surface area contributed by atoms with Crippen molar-refractivity contribution in [2.45, 2.75) is 75.8 Å². The van der Waals surface area contributed by atoms with Crippen LogP contribution in [-0.4, -0.2) is 79.2 Å². The third-order valence-corrected chi connectivity index (χ3v) is 10.3. The van der Waals surface area contributed by atoms with Gasteiger partial charge in [0.15, 0.2) is 21.9 Å². The number of ether oxygens (including phenoxy) is 1. The highest BCUT2D eigenvalue weighted by Crippen LogP contribution is 2.39. The van der Waals surface area contributed by atoms with E-state index in [9.17, 15) is 13.2 Å². The largest absolute Gasteiger partial charge is 0.489 e. The number of hydrogen-bond donors (Lipinski definition) is 2. The summed E-state index contributed by atoms with van der Waals surface area (Å²) in [5.74, 6) is 1.57. The number of nitrogens with one attached hydrogen (secondary N) is 2. The van der Waals surface area contributed by atoms with E-state index >= 15 is 0 Å². The van der Waals surface area contributed by atoms with Gasteiger partial charge in [-0.2, -0.15) is 4.98 Å². The lowest BCUT2D eigenvalue weighted by Gasteiger charge is -2.38. The summed E-state index contributed by atoms with van der Waals surface area (Å²) in [6.45, 7) is 11.0. The molecule has 44 heavy (non-hydrogen) atoms. The van der Waals surface area contributed by atoms with Crippen LogP contribution in [0.5, 0.6) is 5.75 Å². The molecule has 2 heterocycles. The van der Waals surface area contributed by atoms with Gasteiger partial charge >= 0.3 is 0 Å². The lowest BCUT2D eigenvalue weighted by molar-refractivity contribution is -0.118. The third kappa shape index (κ3) is 7.69. The van der Waals surface area contributed by atoms with Crippen LogP contribution in [0.1, 0.15) is 57.6 Å². The number of rotatable bonds is 12. The number of hydrogen-bond acceptors (Lipinski definition) is 10. The molecule has 0 saturated carbocycles. The van der Waals surface area contributed by atoms with Crippen molar-refractivity contribution < 1.29 is 17.9 Å². The smallest absolute Gasteiger partial charge is 0.229 e. The predicted molar refractivity (Wildman–Crippen MR) is 176 cm³/mol. The number of sulfone groups is 1. The Hall–Kier alpha value is -3.25. The standard InChI is InChI=1S/C32H43ClN6O4S/c1-20(2)43-28-17-24(23-12-14-39(15-13-23)30(19-40)38(6)7)22(5)16-27(28)36-32-34-18-25(33)31(37-32)35-26-10-8-9-11-29(26)44(41,42)21(3)4/h8-11,16-21,23,30H,12-15H2,1-7H3,(H2,34,35,36,37). The van der Waals surface area contributed by atoms with Crippen molar-refractivity contribution in [1.29, 1.82) is 0 Å². The Kier molecular flexibility index (Phi) is 10.9. The van der Waals surface area contributed by atoms with Gasteiger partial charge in [-0.15, -0.1) is 0 Å². The quantitative estimate of drug-likeness (QED) is 0.222. The van der Waals surface area contributed by atoms with Crippen molar-refractivity contribution in [2.24, 2.45) is 0 Å². The molecule has 4 rings (SSSR count). The lowest BCUT2D eigenvalue weighted by Crippen LogP contribution is -2.49. The fourth-order valence-corrected chi connectivity index (χ4v) is 6.78. The molecule has 1 aliphatic heterocycles. The molecule has 1 unspecified atom stereocenters. The minimum atomic E-state index is -3.55. The summed E-state index contributed by atoms with van der Waals surface area (Å²) in [5, 5.41) is 6.04. The molecule has 2 aromatic carbocycles. The Balaban J connectivity index is 1.60. The number of aryl methyl sites for hydroxylation is 1. The van der Waals surface area contributed by atoms with Gasteiger partial charge in [0.25, 0.3) is 0 Å². The van der Waals surface area contributed by atoms with Gasteiger partial charge < -0.3 is 20.2 Å². The molecule has 1 saturated heterocycles.